The number of hydrogen-bond acceptors (Lipinski definition) is 5. The minimum absolute atomic E-state index is 0.000956. The first kappa shape index (κ1) is 42.9. The summed E-state index contributed by atoms with van der Waals surface area (Å²) in [7, 11) is 0. The molecule has 0 N–H and O–H groups in total. The Kier molecular flexibility index (Phi) is 9.18. The molecule has 0 bridgehead atoms. The first-order valence-corrected chi connectivity index (χ1v) is 26.5. The van der Waals surface area contributed by atoms with E-state index in [1.165, 1.54) is 128 Å². The zero-order valence-corrected chi connectivity index (χ0v) is 43.7. The third-order valence-corrected chi connectivity index (χ3v) is 18.3. The number of anilines is 6. The highest BCUT2D eigenvalue weighted by Gasteiger charge is 2.47. The maximum absolute atomic E-state index is 2.72. The molecule has 2 nitrogen and oxygen atoms in total. The normalized spacial score (nSPS) is 14.3. The molecule has 334 valence electrons. The van der Waals surface area contributed by atoms with Gasteiger partial charge in [-0.3, -0.25) is 0 Å². The van der Waals surface area contributed by atoms with E-state index in [1.807, 2.05) is 34.0 Å². The standard InChI is InChI=1S/C61H59BN2S3/c1-34-30-46-53-47(31-34)64(44-28-25-41(61(11,12)13)52-38-19-15-17-21-49(38)66-56(44)52)54-39-32-35(58(2,3)4)23-29-50(39)67-57(54)62(53)42-26-22-36(59(5,6)7)33-45(42)63(46)43-27-24-40(60(8,9)10)51-37-18-14-16-20-48(37)65-55(43)51/h14-33H,1-13H3. The molecule has 10 aromatic rings. The van der Waals surface area contributed by atoms with Gasteiger partial charge in [0.1, 0.15) is 0 Å². The van der Waals surface area contributed by atoms with E-state index in [0.717, 1.165) is 0 Å². The van der Waals surface area contributed by atoms with Crippen LogP contribution < -0.4 is 25.5 Å². The highest BCUT2D eigenvalue weighted by molar-refractivity contribution is 7.34. The molecule has 7 aromatic carbocycles. The minimum Gasteiger partial charge on any atom is -0.310 e. The van der Waals surface area contributed by atoms with E-state index >= 15 is 0 Å². The van der Waals surface area contributed by atoms with Crippen molar-refractivity contribution in [1.29, 1.82) is 0 Å². The van der Waals surface area contributed by atoms with Gasteiger partial charge in [-0.25, -0.2) is 0 Å². The topological polar surface area (TPSA) is 6.48 Å². The van der Waals surface area contributed by atoms with Gasteiger partial charge in [0.05, 0.1) is 26.5 Å². The summed E-state index contributed by atoms with van der Waals surface area (Å²) in [5.74, 6) is 0. The molecule has 67 heavy (non-hydrogen) atoms. The lowest BCUT2D eigenvalue weighted by Gasteiger charge is -2.44. The maximum atomic E-state index is 2.72. The lowest BCUT2D eigenvalue weighted by Crippen LogP contribution is -2.60. The van der Waals surface area contributed by atoms with E-state index in [4.69, 9.17) is 0 Å². The molecule has 12 rings (SSSR count). The van der Waals surface area contributed by atoms with Crippen LogP contribution in [0.4, 0.5) is 34.1 Å². The molecule has 3 aromatic heterocycles. The third-order valence-electron chi connectivity index (χ3n) is 14.6. The molecule has 0 amide bonds. The van der Waals surface area contributed by atoms with Crippen LogP contribution in [-0.4, -0.2) is 6.71 Å². The number of thiophene rings is 3. The van der Waals surface area contributed by atoms with Gasteiger partial charge in [0.2, 0.25) is 0 Å². The second kappa shape index (κ2) is 14.3. The zero-order chi connectivity index (χ0) is 46.9. The van der Waals surface area contributed by atoms with E-state index in [2.05, 4.69) is 221 Å². The molecule has 0 saturated heterocycles. The predicted molar refractivity (Wildman–Crippen MR) is 301 cm³/mol. The molecular formula is C61H59BN2S3. The van der Waals surface area contributed by atoms with Crippen molar-refractivity contribution in [3.63, 3.8) is 0 Å². The van der Waals surface area contributed by atoms with Crippen LogP contribution >= 0.6 is 34.0 Å². The second-order valence-corrected chi connectivity index (χ2v) is 26.7. The van der Waals surface area contributed by atoms with E-state index in [9.17, 15) is 0 Å². The quantitative estimate of drug-likeness (QED) is 0.159. The van der Waals surface area contributed by atoms with Crippen LogP contribution in [0.2, 0.25) is 0 Å². The smallest absolute Gasteiger partial charge is 0.264 e. The average Bonchev–Trinajstić information content (AvgIpc) is 3.96. The van der Waals surface area contributed by atoms with E-state index in [1.54, 1.807) is 0 Å². The van der Waals surface area contributed by atoms with Crippen LogP contribution in [0.25, 0.3) is 50.4 Å². The summed E-state index contributed by atoms with van der Waals surface area (Å²) in [6, 6.07) is 47.7. The van der Waals surface area contributed by atoms with Crippen molar-refractivity contribution in [2.24, 2.45) is 0 Å². The molecular weight excluding hydrogens is 868 g/mol. The first-order valence-electron chi connectivity index (χ1n) is 24.0. The van der Waals surface area contributed by atoms with Gasteiger partial charge in [0.25, 0.3) is 6.71 Å². The van der Waals surface area contributed by atoms with Gasteiger partial charge in [-0.1, -0.05) is 150 Å². The maximum Gasteiger partial charge on any atom is 0.264 e. The van der Waals surface area contributed by atoms with Crippen LogP contribution in [0.5, 0.6) is 0 Å². The van der Waals surface area contributed by atoms with Crippen LogP contribution in [0.1, 0.15) is 111 Å². The summed E-state index contributed by atoms with van der Waals surface area (Å²) in [5, 5.41) is 6.81. The molecule has 5 heterocycles. The van der Waals surface area contributed by atoms with Crippen LogP contribution in [0.3, 0.4) is 0 Å². The van der Waals surface area contributed by atoms with Gasteiger partial charge in [0, 0.05) is 62.9 Å². The average molecular weight is 927 g/mol. The number of fused-ring (bicyclic) bond motifs is 12. The Balaban J connectivity index is 1.24. The summed E-state index contributed by atoms with van der Waals surface area (Å²) < 4.78 is 8.14. The fourth-order valence-electron chi connectivity index (χ4n) is 11.3. The molecule has 0 radical (unpaired) electrons. The highest BCUT2D eigenvalue weighted by Crippen LogP contribution is 2.55. The van der Waals surface area contributed by atoms with Crippen LogP contribution in [-0.2, 0) is 21.7 Å². The summed E-state index contributed by atoms with van der Waals surface area (Å²) in [6.07, 6.45) is 0. The molecule has 6 heteroatoms. The van der Waals surface area contributed by atoms with Crippen molar-refractivity contribution in [3.8, 4) is 0 Å². The van der Waals surface area contributed by atoms with Crippen molar-refractivity contribution in [2.75, 3.05) is 9.80 Å². The first-order chi connectivity index (χ1) is 31.7. The van der Waals surface area contributed by atoms with Crippen molar-refractivity contribution in [2.45, 2.75) is 112 Å². The monoisotopic (exact) mass is 926 g/mol. The largest absolute Gasteiger partial charge is 0.310 e. The summed E-state index contributed by atoms with van der Waals surface area (Å²) >= 11 is 5.91. The number of hydrogen-bond donors (Lipinski definition) is 0. The Morgan fingerprint density at radius 2 is 0.910 bits per heavy atom. The van der Waals surface area contributed by atoms with Crippen molar-refractivity contribution < 1.29 is 0 Å². The summed E-state index contributed by atoms with van der Waals surface area (Å²) in [4.78, 5) is 5.40. The number of nitrogens with zero attached hydrogens (tertiary/aromatic N) is 2. The fraction of sp³-hybridized carbons (Fsp3) is 0.279. The number of benzene rings is 7. The summed E-state index contributed by atoms with van der Waals surface area (Å²) in [5.41, 5.74) is 17.1. The van der Waals surface area contributed by atoms with Gasteiger partial charge in [-0.05, 0) is 122 Å². The predicted octanol–water partition coefficient (Wildman–Crippen LogP) is 17.2. The van der Waals surface area contributed by atoms with Gasteiger partial charge < -0.3 is 9.80 Å². The number of aryl methyl sites for hydroxylation is 1. The Hall–Kier alpha value is -5.40. The molecule has 0 atom stereocenters. The van der Waals surface area contributed by atoms with Crippen LogP contribution in [0, 0.1) is 6.92 Å². The third kappa shape index (κ3) is 6.38. The lowest BCUT2D eigenvalue weighted by molar-refractivity contribution is 0.590. The molecule has 0 saturated carbocycles. The fourth-order valence-corrected chi connectivity index (χ4v) is 15.1. The van der Waals surface area contributed by atoms with E-state index in [-0.39, 0.29) is 28.4 Å². The second-order valence-electron chi connectivity index (χ2n) is 23.5. The Bertz CT molecular complexity index is 3720. The van der Waals surface area contributed by atoms with Crippen LogP contribution in [0.15, 0.2) is 121 Å². The lowest BCUT2D eigenvalue weighted by atomic mass is 9.36. The van der Waals surface area contributed by atoms with E-state index < -0.39 is 0 Å². The Morgan fingerprint density at radius 3 is 1.46 bits per heavy atom. The van der Waals surface area contributed by atoms with Gasteiger partial charge in [-0.15, -0.1) is 34.0 Å². The molecule has 0 aliphatic carbocycles. The van der Waals surface area contributed by atoms with Crippen molar-refractivity contribution in [3.05, 3.63) is 149 Å². The molecule has 0 spiro atoms. The Morgan fingerprint density at radius 1 is 0.418 bits per heavy atom. The zero-order valence-electron chi connectivity index (χ0n) is 41.2. The number of rotatable bonds is 2. The SMILES string of the molecule is Cc1cc2c3c(c1)N(c1ccc(C(C)(C)C)c4c1sc1ccccc14)c1c(sc4ccc(C(C)(C)C)cc14)B3c1ccc(C(C)(C)C)cc1N2c1ccc(C(C)(C)C)c2c1sc1ccccc12. The molecule has 0 fully saturated rings. The molecule has 2 aliphatic heterocycles. The summed E-state index contributed by atoms with van der Waals surface area (Å²) in [6.45, 7) is 30.7. The molecule has 0 unspecified atom stereocenters. The highest BCUT2D eigenvalue weighted by atomic mass is 32.1. The molecule has 2 aliphatic rings. The van der Waals surface area contributed by atoms with Gasteiger partial charge >= 0.3 is 0 Å². The van der Waals surface area contributed by atoms with E-state index in [0.29, 0.717) is 0 Å². The van der Waals surface area contributed by atoms with Crippen molar-refractivity contribution in [1.82, 2.24) is 0 Å². The van der Waals surface area contributed by atoms with Gasteiger partial charge in [0.15, 0.2) is 0 Å². The Labute approximate surface area is 409 Å². The van der Waals surface area contributed by atoms with Gasteiger partial charge in [-0.2, -0.15) is 0 Å². The van der Waals surface area contributed by atoms with Crippen molar-refractivity contribution >= 4 is 141 Å². The minimum atomic E-state index is -0.0356.